The number of aryl methyl sites for hydroxylation is 2. The molecule has 0 aliphatic rings. The first-order valence-corrected chi connectivity index (χ1v) is 10.6. The van der Waals surface area contributed by atoms with Crippen LogP contribution >= 0.6 is 0 Å². The Morgan fingerprint density at radius 2 is 1.09 bits per heavy atom. The lowest BCUT2D eigenvalue weighted by Gasteiger charge is -2.19. The van der Waals surface area contributed by atoms with Crippen LogP contribution in [0.5, 0.6) is 0 Å². The molecule has 0 amide bonds. The highest BCUT2D eigenvalue weighted by atomic mass is 15.6. The first kappa shape index (κ1) is 21.8. The lowest BCUT2D eigenvalue weighted by Crippen LogP contribution is -2.22. The van der Waals surface area contributed by atoms with E-state index in [2.05, 4.69) is 43.0 Å². The Morgan fingerprint density at radius 1 is 0.697 bits per heavy atom. The SMILES string of the molecule is CCn1nnc(-c2ccc(CC(C#N)(C#N)Cc3ccc(-c4nnn(CC)n4)cc3)cc2)n1. The summed E-state index contributed by atoms with van der Waals surface area (Å²) in [6.45, 7) is 5.18. The van der Waals surface area contributed by atoms with E-state index < -0.39 is 5.41 Å². The third-order valence-corrected chi connectivity index (χ3v) is 5.34. The maximum atomic E-state index is 9.89. The Labute approximate surface area is 191 Å². The lowest BCUT2D eigenvalue weighted by atomic mass is 9.79. The molecule has 2 heterocycles. The summed E-state index contributed by atoms with van der Waals surface area (Å²) in [5, 5.41) is 44.4. The molecule has 0 fully saturated rings. The highest BCUT2D eigenvalue weighted by Gasteiger charge is 2.31. The van der Waals surface area contributed by atoms with Gasteiger partial charge in [0, 0.05) is 24.0 Å². The molecular formula is C23H22N10. The molecule has 0 aliphatic heterocycles. The molecular weight excluding hydrogens is 416 g/mol. The molecule has 10 heteroatoms. The first-order chi connectivity index (χ1) is 16.1. The van der Waals surface area contributed by atoms with Crippen LogP contribution in [0.15, 0.2) is 48.5 Å². The van der Waals surface area contributed by atoms with Crippen molar-refractivity contribution in [3.8, 4) is 34.9 Å². The van der Waals surface area contributed by atoms with E-state index in [0.29, 0.717) is 37.6 Å². The molecule has 33 heavy (non-hydrogen) atoms. The number of benzene rings is 2. The molecule has 0 spiro atoms. The second-order valence-electron chi connectivity index (χ2n) is 7.66. The number of hydrogen-bond donors (Lipinski definition) is 0. The zero-order valence-corrected chi connectivity index (χ0v) is 18.4. The zero-order valence-electron chi connectivity index (χ0n) is 18.4. The number of nitrogens with zero attached hydrogens (tertiary/aromatic N) is 10. The number of aromatic nitrogens is 8. The number of hydrogen-bond acceptors (Lipinski definition) is 8. The summed E-state index contributed by atoms with van der Waals surface area (Å²) in [5.41, 5.74) is 2.27. The average Bonchev–Trinajstić information content (AvgIpc) is 3.54. The van der Waals surface area contributed by atoms with Gasteiger partial charge in [-0.05, 0) is 35.4 Å². The van der Waals surface area contributed by atoms with Gasteiger partial charge < -0.3 is 0 Å². The quantitative estimate of drug-likeness (QED) is 0.410. The normalized spacial score (nSPS) is 11.2. The molecule has 0 atom stereocenters. The van der Waals surface area contributed by atoms with E-state index in [4.69, 9.17) is 0 Å². The minimum absolute atomic E-state index is 0.309. The Hall–Kier alpha value is -4.44. The van der Waals surface area contributed by atoms with Crippen molar-refractivity contribution in [2.24, 2.45) is 5.41 Å². The highest BCUT2D eigenvalue weighted by Crippen LogP contribution is 2.28. The van der Waals surface area contributed by atoms with Crippen molar-refractivity contribution in [2.75, 3.05) is 0 Å². The van der Waals surface area contributed by atoms with Gasteiger partial charge in [0.15, 0.2) is 5.41 Å². The van der Waals surface area contributed by atoms with Crippen molar-refractivity contribution in [1.82, 2.24) is 40.4 Å². The lowest BCUT2D eigenvalue weighted by molar-refractivity contribution is 0.515. The third kappa shape index (κ3) is 4.75. The van der Waals surface area contributed by atoms with Crippen LogP contribution in [0, 0.1) is 28.1 Å². The van der Waals surface area contributed by atoms with Crippen LogP contribution in [0.1, 0.15) is 25.0 Å². The van der Waals surface area contributed by atoms with Gasteiger partial charge in [-0.1, -0.05) is 48.5 Å². The van der Waals surface area contributed by atoms with Gasteiger partial charge in [0.05, 0.1) is 25.2 Å². The molecule has 0 N–H and O–H groups in total. The highest BCUT2D eigenvalue weighted by molar-refractivity contribution is 5.55. The summed E-state index contributed by atoms with van der Waals surface area (Å²) in [5.74, 6) is 1.09. The summed E-state index contributed by atoms with van der Waals surface area (Å²) >= 11 is 0. The molecule has 164 valence electrons. The van der Waals surface area contributed by atoms with Crippen molar-refractivity contribution in [2.45, 2.75) is 39.8 Å². The van der Waals surface area contributed by atoms with Gasteiger partial charge in [0.1, 0.15) is 0 Å². The van der Waals surface area contributed by atoms with Crippen LogP contribution in [-0.4, -0.2) is 40.4 Å². The van der Waals surface area contributed by atoms with Gasteiger partial charge in [-0.2, -0.15) is 20.1 Å². The van der Waals surface area contributed by atoms with Crippen molar-refractivity contribution in [3.05, 3.63) is 59.7 Å². The standard InChI is InChI=1S/C23H22N10/c1-3-32-28-21(26-30-32)19-9-5-17(6-10-19)13-23(15-24,16-25)14-18-7-11-20(12-8-18)22-27-31-33(4-2)29-22/h5-12H,3-4,13-14H2,1-2H3. The van der Waals surface area contributed by atoms with E-state index in [1.807, 2.05) is 62.4 Å². The summed E-state index contributed by atoms with van der Waals surface area (Å²) in [6, 6.07) is 19.6. The van der Waals surface area contributed by atoms with E-state index in [-0.39, 0.29) is 0 Å². The number of rotatable bonds is 8. The van der Waals surface area contributed by atoms with Crippen LogP contribution in [0.25, 0.3) is 22.8 Å². The van der Waals surface area contributed by atoms with Gasteiger partial charge in [-0.25, -0.2) is 0 Å². The minimum Gasteiger partial charge on any atom is -0.197 e. The van der Waals surface area contributed by atoms with Crippen molar-refractivity contribution < 1.29 is 0 Å². The fourth-order valence-corrected chi connectivity index (χ4v) is 3.47. The maximum Gasteiger partial charge on any atom is 0.204 e. The van der Waals surface area contributed by atoms with E-state index in [9.17, 15) is 10.5 Å². The molecule has 2 aromatic carbocycles. The predicted octanol–water partition coefficient (Wildman–Crippen LogP) is 2.85. The first-order valence-electron chi connectivity index (χ1n) is 10.6. The maximum absolute atomic E-state index is 9.89. The molecule has 0 unspecified atom stereocenters. The Balaban J connectivity index is 1.49. The Morgan fingerprint density at radius 3 is 1.39 bits per heavy atom. The molecule has 0 aliphatic carbocycles. The summed E-state index contributed by atoms with van der Waals surface area (Å²) in [4.78, 5) is 3.04. The minimum atomic E-state index is -1.18. The summed E-state index contributed by atoms with van der Waals surface area (Å²) < 4.78 is 0. The van der Waals surface area contributed by atoms with Gasteiger partial charge in [-0.15, -0.1) is 20.4 Å². The van der Waals surface area contributed by atoms with Crippen molar-refractivity contribution in [3.63, 3.8) is 0 Å². The van der Waals surface area contributed by atoms with Crippen LogP contribution in [-0.2, 0) is 25.9 Å². The second kappa shape index (κ2) is 9.37. The van der Waals surface area contributed by atoms with Gasteiger partial charge in [0.2, 0.25) is 11.6 Å². The molecule has 0 radical (unpaired) electrons. The Bertz CT molecular complexity index is 1200. The van der Waals surface area contributed by atoms with Crippen LogP contribution in [0.3, 0.4) is 0 Å². The van der Waals surface area contributed by atoms with Crippen molar-refractivity contribution in [1.29, 1.82) is 10.5 Å². The fourth-order valence-electron chi connectivity index (χ4n) is 3.47. The topological polar surface area (TPSA) is 135 Å². The Kier molecular flexibility index (Phi) is 6.18. The summed E-state index contributed by atoms with van der Waals surface area (Å²) in [6.07, 6.45) is 0.618. The molecule has 4 aromatic rings. The monoisotopic (exact) mass is 438 g/mol. The van der Waals surface area contributed by atoms with Gasteiger partial charge >= 0.3 is 0 Å². The number of tetrazole rings is 2. The molecule has 10 nitrogen and oxygen atoms in total. The average molecular weight is 438 g/mol. The summed E-state index contributed by atoms with van der Waals surface area (Å²) in [7, 11) is 0. The molecule has 4 rings (SSSR count). The van der Waals surface area contributed by atoms with Crippen molar-refractivity contribution >= 4 is 0 Å². The van der Waals surface area contributed by atoms with Crippen LogP contribution < -0.4 is 0 Å². The molecule has 2 aromatic heterocycles. The van der Waals surface area contributed by atoms with Gasteiger partial charge in [-0.3, -0.25) is 0 Å². The molecule has 0 saturated heterocycles. The van der Waals surface area contributed by atoms with E-state index >= 15 is 0 Å². The largest absolute Gasteiger partial charge is 0.204 e. The predicted molar refractivity (Wildman–Crippen MR) is 119 cm³/mol. The van der Waals surface area contributed by atoms with Crippen LogP contribution in [0.2, 0.25) is 0 Å². The zero-order chi connectivity index (χ0) is 23.3. The van der Waals surface area contributed by atoms with E-state index in [1.165, 1.54) is 9.59 Å². The van der Waals surface area contributed by atoms with E-state index in [0.717, 1.165) is 22.3 Å². The molecule has 0 bridgehead atoms. The number of nitriles is 2. The molecule has 0 saturated carbocycles. The fraction of sp³-hybridized carbons (Fsp3) is 0.304. The van der Waals surface area contributed by atoms with Gasteiger partial charge in [0.25, 0.3) is 0 Å². The second-order valence-corrected chi connectivity index (χ2v) is 7.66. The third-order valence-electron chi connectivity index (χ3n) is 5.34. The van der Waals surface area contributed by atoms with E-state index in [1.54, 1.807) is 0 Å². The van der Waals surface area contributed by atoms with Crippen LogP contribution in [0.4, 0.5) is 0 Å². The smallest absolute Gasteiger partial charge is 0.197 e.